The van der Waals surface area contributed by atoms with Crippen LogP contribution in [0, 0.1) is 0 Å². The van der Waals surface area contributed by atoms with Gasteiger partial charge in [-0.15, -0.1) is 0 Å². The zero-order valence-electron chi connectivity index (χ0n) is 18.9. The molecule has 0 aliphatic carbocycles. The molecule has 0 aliphatic rings. The summed E-state index contributed by atoms with van der Waals surface area (Å²) in [5.41, 5.74) is 5.40. The Bertz CT molecular complexity index is 1080. The molecule has 0 saturated heterocycles. The van der Waals surface area contributed by atoms with E-state index in [1.54, 1.807) is 38.2 Å². The van der Waals surface area contributed by atoms with Gasteiger partial charge in [0, 0.05) is 29.8 Å². The average Bonchev–Trinajstić information content (AvgIpc) is 2.87. The lowest BCUT2D eigenvalue weighted by atomic mass is 10.1. The van der Waals surface area contributed by atoms with E-state index in [0.717, 1.165) is 16.9 Å². The molecule has 0 bridgehead atoms. The maximum atomic E-state index is 13.0. The van der Waals surface area contributed by atoms with E-state index in [-0.39, 0.29) is 24.7 Å². The molecule has 0 spiro atoms. The summed E-state index contributed by atoms with van der Waals surface area (Å²) in [6, 6.07) is 24.1. The van der Waals surface area contributed by atoms with E-state index in [1.807, 2.05) is 66.7 Å². The summed E-state index contributed by atoms with van der Waals surface area (Å²) in [5, 5.41) is 4.16. The number of hydrazone groups is 1. The topological polar surface area (TPSA) is 80.2 Å². The van der Waals surface area contributed by atoms with Crippen molar-refractivity contribution in [1.82, 2.24) is 5.43 Å². The van der Waals surface area contributed by atoms with Crippen LogP contribution < -0.4 is 19.8 Å². The number of rotatable bonds is 9. The Balaban J connectivity index is 1.64. The fraction of sp³-hybridized carbons (Fsp3) is 0.192. The van der Waals surface area contributed by atoms with Crippen molar-refractivity contribution in [2.75, 3.05) is 19.1 Å². The van der Waals surface area contributed by atoms with E-state index in [4.69, 9.17) is 9.47 Å². The van der Waals surface area contributed by atoms with E-state index >= 15 is 0 Å². The van der Waals surface area contributed by atoms with Gasteiger partial charge in [0.1, 0.15) is 0 Å². The van der Waals surface area contributed by atoms with Crippen LogP contribution in [0.15, 0.2) is 84.0 Å². The first-order chi connectivity index (χ1) is 16.0. The highest BCUT2D eigenvalue weighted by molar-refractivity contribution is 6.02. The molecule has 33 heavy (non-hydrogen) atoms. The Morgan fingerprint density at radius 2 is 1.39 bits per heavy atom. The number of anilines is 2. The van der Waals surface area contributed by atoms with Crippen LogP contribution in [0.3, 0.4) is 0 Å². The summed E-state index contributed by atoms with van der Waals surface area (Å²) in [6.07, 6.45) is 0.0538. The molecule has 0 saturated carbocycles. The van der Waals surface area contributed by atoms with Gasteiger partial charge in [0.2, 0.25) is 11.8 Å². The molecule has 7 heteroatoms. The third kappa shape index (κ3) is 6.20. The molecule has 7 nitrogen and oxygen atoms in total. The van der Waals surface area contributed by atoms with Gasteiger partial charge in [-0.3, -0.25) is 14.5 Å². The molecule has 3 rings (SSSR count). The van der Waals surface area contributed by atoms with Crippen molar-refractivity contribution in [3.63, 3.8) is 0 Å². The fourth-order valence-corrected chi connectivity index (χ4v) is 3.25. The second-order valence-corrected chi connectivity index (χ2v) is 7.20. The van der Waals surface area contributed by atoms with Crippen molar-refractivity contribution in [1.29, 1.82) is 0 Å². The minimum atomic E-state index is -0.343. The first kappa shape index (κ1) is 23.5. The number of methoxy groups -OCH3 is 2. The number of para-hydroxylation sites is 2. The second-order valence-electron chi connectivity index (χ2n) is 7.20. The van der Waals surface area contributed by atoms with Crippen LogP contribution in [0.2, 0.25) is 0 Å². The highest BCUT2D eigenvalue weighted by Gasteiger charge is 2.18. The van der Waals surface area contributed by atoms with Crippen molar-refractivity contribution in [2.24, 2.45) is 5.10 Å². The van der Waals surface area contributed by atoms with E-state index in [1.165, 1.54) is 0 Å². The number of hydrogen-bond acceptors (Lipinski definition) is 5. The van der Waals surface area contributed by atoms with Gasteiger partial charge in [-0.25, -0.2) is 5.43 Å². The molecular weight excluding hydrogens is 418 g/mol. The molecule has 0 unspecified atom stereocenters. The molecule has 1 N–H and O–H groups in total. The lowest BCUT2D eigenvalue weighted by molar-refractivity contribution is -0.124. The molecule has 0 radical (unpaired) electrons. The number of hydrogen-bond donors (Lipinski definition) is 1. The number of amides is 2. The predicted molar refractivity (Wildman–Crippen MR) is 129 cm³/mol. The highest BCUT2D eigenvalue weighted by atomic mass is 16.5. The molecule has 0 aliphatic heterocycles. The van der Waals surface area contributed by atoms with Crippen LogP contribution in [-0.2, 0) is 9.59 Å². The monoisotopic (exact) mass is 445 g/mol. The second kappa shape index (κ2) is 11.5. The summed E-state index contributed by atoms with van der Waals surface area (Å²) < 4.78 is 10.5. The molecule has 3 aromatic rings. The summed E-state index contributed by atoms with van der Waals surface area (Å²) in [5.74, 6) is 0.661. The lowest BCUT2D eigenvalue weighted by Crippen LogP contribution is -2.28. The fourth-order valence-electron chi connectivity index (χ4n) is 3.25. The van der Waals surface area contributed by atoms with Gasteiger partial charge in [-0.05, 0) is 49.4 Å². The standard InChI is InChI=1S/C26H27N3O4/c1-19(20-14-15-23(32-2)24(18-20)33-3)27-28-25(30)16-17-26(31)29(21-10-6-4-7-11-21)22-12-8-5-9-13-22/h4-15,18H,16-17H2,1-3H3,(H,28,30)/b27-19-. The molecule has 2 amide bonds. The largest absolute Gasteiger partial charge is 0.493 e. The maximum Gasteiger partial charge on any atom is 0.240 e. The molecular formula is C26H27N3O4. The number of ether oxygens (including phenoxy) is 2. The van der Waals surface area contributed by atoms with Crippen molar-refractivity contribution < 1.29 is 19.1 Å². The van der Waals surface area contributed by atoms with Crippen molar-refractivity contribution >= 4 is 28.9 Å². The zero-order chi connectivity index (χ0) is 23.6. The molecule has 3 aromatic carbocycles. The van der Waals surface area contributed by atoms with Crippen LogP contribution in [0.1, 0.15) is 25.3 Å². The van der Waals surface area contributed by atoms with E-state index < -0.39 is 0 Å². The van der Waals surface area contributed by atoms with Crippen LogP contribution in [0.5, 0.6) is 11.5 Å². The van der Waals surface area contributed by atoms with Crippen LogP contribution >= 0.6 is 0 Å². The summed E-state index contributed by atoms with van der Waals surface area (Å²) >= 11 is 0. The van der Waals surface area contributed by atoms with Gasteiger partial charge in [0.15, 0.2) is 11.5 Å². The quantitative estimate of drug-likeness (QED) is 0.383. The Kier molecular flexibility index (Phi) is 8.18. The van der Waals surface area contributed by atoms with E-state index in [2.05, 4.69) is 10.5 Å². The number of nitrogens with zero attached hydrogens (tertiary/aromatic N) is 2. The van der Waals surface area contributed by atoms with Gasteiger partial charge >= 0.3 is 0 Å². The Labute approximate surface area is 193 Å². The van der Waals surface area contributed by atoms with Crippen LogP contribution in [0.25, 0.3) is 0 Å². The van der Waals surface area contributed by atoms with Crippen molar-refractivity contribution in [3.8, 4) is 11.5 Å². The minimum Gasteiger partial charge on any atom is -0.493 e. The SMILES string of the molecule is COc1ccc(/C(C)=N\NC(=O)CCC(=O)N(c2ccccc2)c2ccccc2)cc1OC. The average molecular weight is 446 g/mol. The lowest BCUT2D eigenvalue weighted by Gasteiger charge is -2.23. The highest BCUT2D eigenvalue weighted by Crippen LogP contribution is 2.28. The van der Waals surface area contributed by atoms with Crippen LogP contribution in [0.4, 0.5) is 11.4 Å². The zero-order valence-corrected chi connectivity index (χ0v) is 18.9. The number of nitrogens with one attached hydrogen (secondary N) is 1. The molecule has 0 atom stereocenters. The molecule has 0 heterocycles. The molecule has 0 aromatic heterocycles. The van der Waals surface area contributed by atoms with Gasteiger partial charge in [0.05, 0.1) is 19.9 Å². The maximum absolute atomic E-state index is 13.0. The van der Waals surface area contributed by atoms with Crippen molar-refractivity contribution in [2.45, 2.75) is 19.8 Å². The molecule has 0 fully saturated rings. The molecule has 170 valence electrons. The van der Waals surface area contributed by atoms with Crippen molar-refractivity contribution in [3.05, 3.63) is 84.4 Å². The summed E-state index contributed by atoms with van der Waals surface area (Å²) in [6.45, 7) is 1.78. The Hall–Kier alpha value is -4.13. The van der Waals surface area contributed by atoms with Crippen LogP contribution in [-0.4, -0.2) is 31.7 Å². The van der Waals surface area contributed by atoms with Gasteiger partial charge in [-0.2, -0.15) is 5.10 Å². The summed E-state index contributed by atoms with van der Waals surface area (Å²) in [4.78, 5) is 27.0. The van der Waals surface area contributed by atoms with Gasteiger partial charge in [-0.1, -0.05) is 36.4 Å². The van der Waals surface area contributed by atoms with E-state index in [9.17, 15) is 9.59 Å². The minimum absolute atomic E-state index is 0.0116. The third-order valence-electron chi connectivity index (χ3n) is 4.99. The number of carbonyl (C=O) groups excluding carboxylic acids is 2. The smallest absolute Gasteiger partial charge is 0.240 e. The normalized spacial score (nSPS) is 10.9. The third-order valence-corrected chi connectivity index (χ3v) is 4.99. The summed E-state index contributed by atoms with van der Waals surface area (Å²) in [7, 11) is 3.12. The van der Waals surface area contributed by atoms with Gasteiger partial charge in [0.25, 0.3) is 0 Å². The van der Waals surface area contributed by atoms with E-state index in [0.29, 0.717) is 17.2 Å². The number of benzene rings is 3. The van der Waals surface area contributed by atoms with Gasteiger partial charge < -0.3 is 9.47 Å². The Morgan fingerprint density at radius 3 is 1.94 bits per heavy atom. The Morgan fingerprint density at radius 1 is 0.818 bits per heavy atom. The first-order valence-electron chi connectivity index (χ1n) is 10.5. The predicted octanol–water partition coefficient (Wildman–Crippen LogP) is 4.69. The first-order valence-corrected chi connectivity index (χ1v) is 10.5. The number of carbonyl (C=O) groups is 2.